The second-order valence-corrected chi connectivity index (χ2v) is 6.29. The van der Waals surface area contributed by atoms with Crippen molar-refractivity contribution in [1.82, 2.24) is 10.6 Å². The van der Waals surface area contributed by atoms with Gasteiger partial charge in [-0.05, 0) is 43.0 Å². The van der Waals surface area contributed by atoms with Crippen LogP contribution >= 0.6 is 0 Å². The second kappa shape index (κ2) is 11.9. The van der Waals surface area contributed by atoms with Gasteiger partial charge in [0, 0.05) is 6.54 Å². The van der Waals surface area contributed by atoms with E-state index in [4.69, 9.17) is 9.47 Å². The quantitative estimate of drug-likeness (QED) is 0.492. The van der Waals surface area contributed by atoms with E-state index in [1.165, 1.54) is 0 Å². The zero-order chi connectivity index (χ0) is 19.4. The Hall–Kier alpha value is -2.57. The molecular formula is C19H28N2O5. The van der Waals surface area contributed by atoms with E-state index < -0.39 is 24.5 Å². The molecule has 2 N–H and O–H groups in total. The van der Waals surface area contributed by atoms with Crippen molar-refractivity contribution in [1.29, 1.82) is 0 Å². The molecule has 1 rings (SSSR count). The summed E-state index contributed by atoms with van der Waals surface area (Å²) in [5.41, 5.74) is 0.307. The maximum atomic E-state index is 11.9. The lowest BCUT2D eigenvalue weighted by Crippen LogP contribution is -2.41. The van der Waals surface area contributed by atoms with Crippen molar-refractivity contribution in [2.75, 3.05) is 19.8 Å². The van der Waals surface area contributed by atoms with Gasteiger partial charge in [0.2, 0.25) is 0 Å². The van der Waals surface area contributed by atoms with Gasteiger partial charge in [0.05, 0.1) is 12.2 Å². The van der Waals surface area contributed by atoms with Crippen LogP contribution in [0.15, 0.2) is 24.3 Å². The number of carbonyl (C=O) groups excluding carboxylic acids is 3. The van der Waals surface area contributed by atoms with Crippen molar-refractivity contribution >= 4 is 17.9 Å². The highest BCUT2D eigenvalue weighted by Gasteiger charge is 2.12. The molecule has 26 heavy (non-hydrogen) atoms. The van der Waals surface area contributed by atoms with Crippen molar-refractivity contribution in [2.45, 2.75) is 40.0 Å². The predicted molar refractivity (Wildman–Crippen MR) is 98.1 cm³/mol. The lowest BCUT2D eigenvalue weighted by Gasteiger charge is -2.09. The summed E-state index contributed by atoms with van der Waals surface area (Å²) in [5.74, 6) is -0.193. The minimum Gasteiger partial charge on any atom is -0.494 e. The van der Waals surface area contributed by atoms with Gasteiger partial charge in [-0.15, -0.1) is 0 Å². The fourth-order valence-corrected chi connectivity index (χ4v) is 1.92. The van der Waals surface area contributed by atoms with Crippen LogP contribution in [0.5, 0.6) is 5.75 Å². The Bertz CT molecular complexity index is 584. The Morgan fingerprint density at radius 2 is 1.81 bits per heavy atom. The number of urea groups is 1. The first kappa shape index (κ1) is 21.5. The molecule has 0 aliphatic heterocycles. The Morgan fingerprint density at radius 1 is 1.12 bits per heavy atom. The molecule has 0 fully saturated rings. The molecule has 1 aromatic carbocycles. The molecule has 0 aliphatic rings. The Kier molecular flexibility index (Phi) is 9.82. The summed E-state index contributed by atoms with van der Waals surface area (Å²) in [7, 11) is 0. The van der Waals surface area contributed by atoms with Gasteiger partial charge >= 0.3 is 12.0 Å². The fourth-order valence-electron chi connectivity index (χ4n) is 1.92. The molecule has 0 bridgehead atoms. The summed E-state index contributed by atoms with van der Waals surface area (Å²) >= 11 is 0. The molecular weight excluding hydrogens is 336 g/mol. The van der Waals surface area contributed by atoms with Crippen molar-refractivity contribution in [3.63, 3.8) is 0 Å². The SMILES string of the molecule is CCCCOc1ccc(C(=O)OCC(=O)NC(=O)NCCC(C)C)cc1. The molecule has 1 aromatic rings. The van der Waals surface area contributed by atoms with Gasteiger partial charge in [0.15, 0.2) is 6.61 Å². The molecule has 0 aliphatic carbocycles. The van der Waals surface area contributed by atoms with Gasteiger partial charge in [-0.3, -0.25) is 10.1 Å². The average molecular weight is 364 g/mol. The molecule has 0 unspecified atom stereocenters. The lowest BCUT2D eigenvalue weighted by molar-refractivity contribution is -0.123. The van der Waals surface area contributed by atoms with Crippen LogP contribution in [0.3, 0.4) is 0 Å². The topological polar surface area (TPSA) is 93.7 Å². The molecule has 0 radical (unpaired) electrons. The van der Waals surface area contributed by atoms with E-state index in [0.29, 0.717) is 30.4 Å². The first-order chi connectivity index (χ1) is 12.4. The number of imide groups is 1. The third-order valence-electron chi connectivity index (χ3n) is 3.45. The van der Waals surface area contributed by atoms with Crippen LogP contribution < -0.4 is 15.4 Å². The van der Waals surface area contributed by atoms with Crippen LogP contribution in [-0.2, 0) is 9.53 Å². The van der Waals surface area contributed by atoms with Crippen LogP contribution in [-0.4, -0.2) is 37.7 Å². The Labute approximate surface area is 154 Å². The highest BCUT2D eigenvalue weighted by molar-refractivity contribution is 5.97. The van der Waals surface area contributed by atoms with E-state index in [2.05, 4.69) is 17.6 Å². The third-order valence-corrected chi connectivity index (χ3v) is 3.45. The van der Waals surface area contributed by atoms with Gasteiger partial charge in [-0.2, -0.15) is 0 Å². The minimum atomic E-state index is -0.681. The fraction of sp³-hybridized carbons (Fsp3) is 0.526. The molecule has 7 heteroatoms. The summed E-state index contributed by atoms with van der Waals surface area (Å²) in [6, 6.07) is 5.89. The number of nitrogens with one attached hydrogen (secondary N) is 2. The van der Waals surface area contributed by atoms with E-state index in [9.17, 15) is 14.4 Å². The number of hydrogen-bond acceptors (Lipinski definition) is 5. The highest BCUT2D eigenvalue weighted by atomic mass is 16.5. The standard InChI is InChI=1S/C19H28N2O5/c1-4-5-12-25-16-8-6-15(7-9-16)18(23)26-13-17(22)21-19(24)20-11-10-14(2)3/h6-9,14H,4-5,10-13H2,1-3H3,(H2,20,21,22,24). The summed E-state index contributed by atoms with van der Waals surface area (Å²) in [6.07, 6.45) is 2.82. The average Bonchev–Trinajstić information content (AvgIpc) is 2.60. The van der Waals surface area contributed by atoms with Gasteiger partial charge in [-0.1, -0.05) is 27.2 Å². The highest BCUT2D eigenvalue weighted by Crippen LogP contribution is 2.13. The summed E-state index contributed by atoms with van der Waals surface area (Å²) in [4.78, 5) is 35.0. The van der Waals surface area contributed by atoms with Gasteiger partial charge in [0.25, 0.3) is 5.91 Å². The Balaban J connectivity index is 2.32. The molecule has 0 heterocycles. The van der Waals surface area contributed by atoms with E-state index in [0.717, 1.165) is 19.3 Å². The number of amides is 3. The number of ether oxygens (including phenoxy) is 2. The maximum Gasteiger partial charge on any atom is 0.338 e. The molecule has 0 atom stereocenters. The van der Waals surface area contributed by atoms with E-state index in [1.54, 1.807) is 24.3 Å². The number of carbonyl (C=O) groups is 3. The number of benzene rings is 1. The Morgan fingerprint density at radius 3 is 2.42 bits per heavy atom. The number of rotatable bonds is 10. The largest absolute Gasteiger partial charge is 0.494 e. The maximum absolute atomic E-state index is 11.9. The minimum absolute atomic E-state index is 0.307. The van der Waals surface area contributed by atoms with E-state index in [1.807, 2.05) is 13.8 Å². The second-order valence-electron chi connectivity index (χ2n) is 6.29. The molecule has 7 nitrogen and oxygen atoms in total. The smallest absolute Gasteiger partial charge is 0.338 e. The number of esters is 1. The van der Waals surface area contributed by atoms with Crippen molar-refractivity contribution in [3.05, 3.63) is 29.8 Å². The predicted octanol–water partition coefficient (Wildman–Crippen LogP) is 2.89. The van der Waals surface area contributed by atoms with E-state index >= 15 is 0 Å². The summed E-state index contributed by atoms with van der Waals surface area (Å²) < 4.78 is 10.4. The van der Waals surface area contributed by atoms with Crippen molar-refractivity contribution in [3.8, 4) is 5.75 Å². The van der Waals surface area contributed by atoms with Crippen molar-refractivity contribution in [2.24, 2.45) is 5.92 Å². The van der Waals surface area contributed by atoms with Crippen LogP contribution in [0, 0.1) is 5.92 Å². The first-order valence-electron chi connectivity index (χ1n) is 8.90. The monoisotopic (exact) mass is 364 g/mol. The van der Waals surface area contributed by atoms with Crippen molar-refractivity contribution < 1.29 is 23.9 Å². The molecule has 0 saturated heterocycles. The van der Waals surface area contributed by atoms with Gasteiger partial charge in [-0.25, -0.2) is 9.59 Å². The van der Waals surface area contributed by atoms with Crippen LogP contribution in [0.4, 0.5) is 4.79 Å². The number of unbranched alkanes of at least 4 members (excludes halogenated alkanes) is 1. The van der Waals surface area contributed by atoms with Crippen LogP contribution in [0.2, 0.25) is 0 Å². The lowest BCUT2D eigenvalue weighted by atomic mass is 10.1. The van der Waals surface area contributed by atoms with Crippen LogP contribution in [0.25, 0.3) is 0 Å². The first-order valence-corrected chi connectivity index (χ1v) is 8.90. The summed E-state index contributed by atoms with van der Waals surface area (Å²) in [5, 5.41) is 4.68. The zero-order valence-corrected chi connectivity index (χ0v) is 15.7. The molecule has 0 spiro atoms. The summed E-state index contributed by atoms with van der Waals surface area (Å²) in [6.45, 7) is 6.73. The zero-order valence-electron chi connectivity index (χ0n) is 15.7. The van der Waals surface area contributed by atoms with E-state index in [-0.39, 0.29) is 0 Å². The third kappa shape index (κ3) is 9.05. The molecule has 0 saturated carbocycles. The molecule has 144 valence electrons. The van der Waals surface area contributed by atoms with Gasteiger partial charge < -0.3 is 14.8 Å². The normalized spacial score (nSPS) is 10.3. The number of hydrogen-bond donors (Lipinski definition) is 2. The van der Waals surface area contributed by atoms with Gasteiger partial charge in [0.1, 0.15) is 5.75 Å². The van der Waals surface area contributed by atoms with Crippen LogP contribution in [0.1, 0.15) is 50.4 Å². The molecule has 0 aromatic heterocycles. The molecule has 3 amide bonds.